The standard InChI is InChI=1S/C19H29N3O3/c1-13-10-16-17(24)21(3)9-7-5-4-6-8-15-11-19(15,14(2)23)20-18(25)22(16)12-13/h6,8,13,15-16H,4-5,7,9-12H2,1-3H3,(H,20,25)/b8-6-/t13-,15+,16+,19+/m1/s1. The van der Waals surface area contributed by atoms with Crippen LogP contribution in [-0.2, 0) is 9.59 Å². The van der Waals surface area contributed by atoms with Gasteiger partial charge in [-0.15, -0.1) is 0 Å². The van der Waals surface area contributed by atoms with E-state index < -0.39 is 11.6 Å². The van der Waals surface area contributed by atoms with E-state index in [0.29, 0.717) is 25.9 Å². The van der Waals surface area contributed by atoms with E-state index in [4.69, 9.17) is 0 Å². The van der Waals surface area contributed by atoms with Crippen LogP contribution in [0, 0.1) is 11.8 Å². The minimum absolute atomic E-state index is 0.00478. The van der Waals surface area contributed by atoms with E-state index in [-0.39, 0.29) is 29.6 Å². The third-order valence-electron chi connectivity index (χ3n) is 5.89. The molecule has 0 aromatic carbocycles. The fourth-order valence-corrected chi connectivity index (χ4v) is 4.16. The Labute approximate surface area is 149 Å². The molecular weight excluding hydrogens is 318 g/mol. The summed E-state index contributed by atoms with van der Waals surface area (Å²) in [7, 11) is 1.82. The van der Waals surface area contributed by atoms with Gasteiger partial charge in [0.2, 0.25) is 5.91 Å². The largest absolute Gasteiger partial charge is 0.344 e. The Morgan fingerprint density at radius 2 is 2.08 bits per heavy atom. The number of allylic oxidation sites excluding steroid dienone is 1. The first-order chi connectivity index (χ1) is 11.8. The maximum absolute atomic E-state index is 12.9. The Hall–Kier alpha value is -1.85. The molecule has 0 bridgehead atoms. The van der Waals surface area contributed by atoms with Gasteiger partial charge in [-0.1, -0.05) is 19.1 Å². The minimum Gasteiger partial charge on any atom is -0.344 e. The Kier molecular flexibility index (Phi) is 4.89. The van der Waals surface area contributed by atoms with Crippen LogP contribution >= 0.6 is 0 Å². The maximum atomic E-state index is 12.9. The molecule has 0 aromatic rings. The molecule has 0 aromatic heterocycles. The maximum Gasteiger partial charge on any atom is 0.318 e. The lowest BCUT2D eigenvalue weighted by Gasteiger charge is -2.30. The van der Waals surface area contributed by atoms with E-state index in [0.717, 1.165) is 19.3 Å². The average molecular weight is 347 g/mol. The summed E-state index contributed by atoms with van der Waals surface area (Å²) in [6.45, 7) is 4.88. The number of nitrogens with zero attached hydrogens (tertiary/aromatic N) is 2. The Bertz CT molecular complexity index is 603. The molecule has 0 radical (unpaired) electrons. The van der Waals surface area contributed by atoms with Gasteiger partial charge in [0.05, 0.1) is 0 Å². The molecule has 2 fully saturated rings. The van der Waals surface area contributed by atoms with Crippen molar-refractivity contribution in [2.75, 3.05) is 20.1 Å². The van der Waals surface area contributed by atoms with Crippen molar-refractivity contribution in [3.63, 3.8) is 0 Å². The van der Waals surface area contributed by atoms with Crippen molar-refractivity contribution in [1.29, 1.82) is 0 Å². The Morgan fingerprint density at radius 1 is 1.32 bits per heavy atom. The first-order valence-electron chi connectivity index (χ1n) is 9.36. The molecule has 0 spiro atoms. The second-order valence-electron chi connectivity index (χ2n) is 7.96. The highest BCUT2D eigenvalue weighted by Crippen LogP contribution is 2.46. The van der Waals surface area contributed by atoms with Gasteiger partial charge in [-0.3, -0.25) is 9.59 Å². The van der Waals surface area contributed by atoms with Crippen molar-refractivity contribution in [3.05, 3.63) is 12.2 Å². The minimum atomic E-state index is -0.775. The zero-order chi connectivity index (χ0) is 18.2. The lowest BCUT2D eigenvalue weighted by Crippen LogP contribution is -2.54. The van der Waals surface area contributed by atoms with Crippen LogP contribution in [0.3, 0.4) is 0 Å². The van der Waals surface area contributed by atoms with Gasteiger partial charge < -0.3 is 15.1 Å². The number of likely N-dealkylation sites (N-methyl/N-ethyl adjacent to an activating group) is 1. The summed E-state index contributed by atoms with van der Waals surface area (Å²) in [6.07, 6.45) is 8.43. The molecule has 3 aliphatic rings. The van der Waals surface area contributed by atoms with E-state index in [2.05, 4.69) is 24.4 Å². The molecule has 3 amide bonds. The second kappa shape index (κ2) is 6.81. The zero-order valence-corrected chi connectivity index (χ0v) is 15.5. The number of urea groups is 1. The first-order valence-corrected chi connectivity index (χ1v) is 9.36. The first kappa shape index (κ1) is 18.0. The third kappa shape index (κ3) is 3.44. The molecule has 2 aliphatic heterocycles. The highest BCUT2D eigenvalue weighted by molar-refractivity contribution is 5.96. The van der Waals surface area contributed by atoms with Crippen molar-refractivity contribution >= 4 is 17.7 Å². The topological polar surface area (TPSA) is 69.7 Å². The molecule has 1 N–H and O–H groups in total. The van der Waals surface area contributed by atoms with Crippen molar-refractivity contribution in [3.8, 4) is 0 Å². The predicted molar refractivity (Wildman–Crippen MR) is 95.0 cm³/mol. The SMILES string of the molecule is CC(=O)[C@@]12C[C@@H]1/C=C\CCCCN(C)C(=O)[C@@H]1C[C@@H](C)CN1C(=O)N2. The highest BCUT2D eigenvalue weighted by Gasteiger charge is 2.58. The predicted octanol–water partition coefficient (Wildman–Crippen LogP) is 1.95. The van der Waals surface area contributed by atoms with Gasteiger partial charge in [-0.05, 0) is 44.9 Å². The van der Waals surface area contributed by atoms with Gasteiger partial charge in [0.1, 0.15) is 11.6 Å². The highest BCUT2D eigenvalue weighted by atomic mass is 16.2. The van der Waals surface area contributed by atoms with Crippen molar-refractivity contribution < 1.29 is 14.4 Å². The lowest BCUT2D eigenvalue weighted by atomic mass is 10.1. The van der Waals surface area contributed by atoms with Crippen LogP contribution in [0.2, 0.25) is 0 Å². The fourth-order valence-electron chi connectivity index (χ4n) is 4.16. The Morgan fingerprint density at radius 3 is 2.80 bits per heavy atom. The average Bonchev–Trinajstić information content (AvgIpc) is 3.11. The molecule has 4 atom stereocenters. The van der Waals surface area contributed by atoms with Gasteiger partial charge in [0.15, 0.2) is 5.78 Å². The number of carbonyl (C=O) groups excluding carboxylic acids is 3. The van der Waals surface area contributed by atoms with Crippen LogP contribution in [0.15, 0.2) is 12.2 Å². The van der Waals surface area contributed by atoms with E-state index in [1.54, 1.807) is 16.7 Å². The number of ketones is 1. The summed E-state index contributed by atoms with van der Waals surface area (Å²) in [4.78, 5) is 41.3. The lowest BCUT2D eigenvalue weighted by molar-refractivity contribution is -0.133. The second-order valence-corrected chi connectivity index (χ2v) is 7.96. The third-order valence-corrected chi connectivity index (χ3v) is 5.89. The van der Waals surface area contributed by atoms with Gasteiger partial charge in [0, 0.05) is 26.1 Å². The molecule has 1 aliphatic carbocycles. The van der Waals surface area contributed by atoms with Crippen molar-refractivity contribution in [1.82, 2.24) is 15.1 Å². The molecule has 3 rings (SSSR count). The van der Waals surface area contributed by atoms with Crippen LogP contribution < -0.4 is 5.32 Å². The van der Waals surface area contributed by atoms with E-state index in [9.17, 15) is 14.4 Å². The molecule has 25 heavy (non-hydrogen) atoms. The van der Waals surface area contributed by atoms with Crippen LogP contribution in [0.5, 0.6) is 0 Å². The number of carbonyl (C=O) groups is 3. The summed E-state index contributed by atoms with van der Waals surface area (Å²) in [5.74, 6) is 0.367. The number of hydrogen-bond donors (Lipinski definition) is 1. The molecule has 2 heterocycles. The van der Waals surface area contributed by atoms with Crippen LogP contribution in [0.25, 0.3) is 0 Å². The molecule has 138 valence electrons. The van der Waals surface area contributed by atoms with Crippen molar-refractivity contribution in [2.45, 2.75) is 57.5 Å². The zero-order valence-electron chi connectivity index (χ0n) is 15.5. The van der Waals surface area contributed by atoms with E-state index in [1.165, 1.54) is 0 Å². The molecule has 1 saturated heterocycles. The number of Topliss-reactive ketones (excluding diaryl/α,β-unsaturated/α-hetero) is 1. The van der Waals surface area contributed by atoms with Gasteiger partial charge in [-0.25, -0.2) is 4.79 Å². The summed E-state index contributed by atoms with van der Waals surface area (Å²) < 4.78 is 0. The van der Waals surface area contributed by atoms with Gasteiger partial charge in [-0.2, -0.15) is 0 Å². The molecule has 6 heteroatoms. The molecular formula is C19H29N3O3. The summed E-state index contributed by atoms with van der Waals surface area (Å²) >= 11 is 0. The molecule has 6 nitrogen and oxygen atoms in total. The van der Waals surface area contributed by atoms with Crippen LogP contribution in [0.1, 0.15) is 46.0 Å². The van der Waals surface area contributed by atoms with Crippen LogP contribution in [0.4, 0.5) is 4.79 Å². The smallest absolute Gasteiger partial charge is 0.318 e. The number of nitrogens with one attached hydrogen (secondary N) is 1. The fraction of sp³-hybridized carbons (Fsp3) is 0.737. The number of fused-ring (bicyclic) bond motifs is 2. The molecule has 1 saturated carbocycles. The monoisotopic (exact) mass is 347 g/mol. The molecule has 0 unspecified atom stereocenters. The summed E-state index contributed by atoms with van der Waals surface area (Å²) in [6, 6.07) is -0.695. The Balaban J connectivity index is 1.85. The van der Waals surface area contributed by atoms with Crippen molar-refractivity contribution in [2.24, 2.45) is 11.8 Å². The van der Waals surface area contributed by atoms with Gasteiger partial charge >= 0.3 is 6.03 Å². The van der Waals surface area contributed by atoms with Crippen LogP contribution in [-0.4, -0.2) is 59.2 Å². The number of amides is 3. The summed E-state index contributed by atoms with van der Waals surface area (Å²) in [5.41, 5.74) is -0.775. The quantitative estimate of drug-likeness (QED) is 0.737. The number of rotatable bonds is 1. The normalized spacial score (nSPS) is 37.6. The van der Waals surface area contributed by atoms with Gasteiger partial charge in [0.25, 0.3) is 0 Å². The summed E-state index contributed by atoms with van der Waals surface area (Å²) in [5, 5.41) is 2.96. The van der Waals surface area contributed by atoms with E-state index in [1.807, 2.05) is 7.05 Å². The van der Waals surface area contributed by atoms with E-state index >= 15 is 0 Å². The number of hydrogen-bond acceptors (Lipinski definition) is 3.